The van der Waals surface area contributed by atoms with E-state index in [0.29, 0.717) is 12.5 Å². The highest BCUT2D eigenvalue weighted by atomic mass is 16.5. The Kier molecular flexibility index (Phi) is 4.29. The van der Waals surface area contributed by atoms with E-state index in [-0.39, 0.29) is 0 Å². The molecule has 3 heterocycles. The van der Waals surface area contributed by atoms with E-state index in [1.807, 2.05) is 0 Å². The number of nitrogens with zero attached hydrogens (tertiary/aromatic N) is 4. The number of para-hydroxylation sites is 1. The highest BCUT2D eigenvalue weighted by Crippen LogP contribution is 2.16. The Hall–Kier alpha value is -2.60. The second kappa shape index (κ2) is 6.88. The summed E-state index contributed by atoms with van der Waals surface area (Å²) in [6, 6.07) is 10.5. The van der Waals surface area contributed by atoms with Crippen molar-refractivity contribution in [2.24, 2.45) is 0 Å². The van der Waals surface area contributed by atoms with Crippen LogP contribution in [0.15, 0.2) is 48.9 Å². The number of anilines is 1. The lowest BCUT2D eigenvalue weighted by Gasteiger charge is -2.28. The van der Waals surface area contributed by atoms with Crippen LogP contribution in [0.25, 0.3) is 10.9 Å². The fourth-order valence-electron chi connectivity index (χ4n) is 3.04. The van der Waals surface area contributed by atoms with E-state index in [9.17, 15) is 0 Å². The zero-order valence-electron chi connectivity index (χ0n) is 13.6. The van der Waals surface area contributed by atoms with Gasteiger partial charge in [0.1, 0.15) is 6.61 Å². The Labute approximate surface area is 141 Å². The first-order valence-corrected chi connectivity index (χ1v) is 8.34. The maximum atomic E-state index is 5.82. The van der Waals surface area contributed by atoms with Crippen LogP contribution in [0, 0.1) is 0 Å². The highest BCUT2D eigenvalue weighted by molar-refractivity contribution is 5.79. The smallest absolute Gasteiger partial charge is 0.234 e. The van der Waals surface area contributed by atoms with Crippen molar-refractivity contribution in [1.29, 1.82) is 0 Å². The van der Waals surface area contributed by atoms with Crippen molar-refractivity contribution in [3.05, 3.63) is 48.9 Å². The molecule has 1 fully saturated rings. The number of aromatic nitrogens is 3. The maximum absolute atomic E-state index is 5.82. The molecule has 1 aromatic carbocycles. The van der Waals surface area contributed by atoms with Gasteiger partial charge in [-0.1, -0.05) is 18.2 Å². The summed E-state index contributed by atoms with van der Waals surface area (Å²) in [5, 5.41) is 4.59. The Morgan fingerprint density at radius 2 is 1.96 bits per heavy atom. The molecule has 24 heavy (non-hydrogen) atoms. The molecule has 1 saturated heterocycles. The average molecular weight is 323 g/mol. The molecule has 0 saturated carbocycles. The number of piperazine rings is 1. The van der Waals surface area contributed by atoms with Crippen LogP contribution in [-0.4, -0.2) is 47.3 Å². The summed E-state index contributed by atoms with van der Waals surface area (Å²) in [7, 11) is 0. The molecule has 1 aliphatic heterocycles. The van der Waals surface area contributed by atoms with Gasteiger partial charge in [-0.25, -0.2) is 0 Å². The van der Waals surface area contributed by atoms with Crippen molar-refractivity contribution in [3.63, 3.8) is 0 Å². The number of rotatable bonds is 5. The first-order valence-electron chi connectivity index (χ1n) is 8.34. The normalized spacial score (nSPS) is 14.9. The molecule has 4 rings (SSSR count). The molecule has 3 aromatic rings. The van der Waals surface area contributed by atoms with Crippen LogP contribution in [0.5, 0.6) is 5.88 Å². The molecule has 2 aromatic heterocycles. The standard InChI is InChI=1S/C18H21N5O/c1-2-4-16-15(3-1)5-8-22(16)11-12-24-18-14-20-13-17(21-18)23-9-6-19-7-10-23/h1-5,8,13-14,19H,6-7,9-12H2. The summed E-state index contributed by atoms with van der Waals surface area (Å²) in [6.07, 6.45) is 5.58. The number of nitrogens with one attached hydrogen (secondary N) is 1. The molecule has 0 bridgehead atoms. The van der Waals surface area contributed by atoms with Crippen LogP contribution in [0.2, 0.25) is 0 Å². The Morgan fingerprint density at radius 1 is 1.08 bits per heavy atom. The second-order valence-corrected chi connectivity index (χ2v) is 5.87. The third-order valence-electron chi connectivity index (χ3n) is 4.30. The lowest BCUT2D eigenvalue weighted by Crippen LogP contribution is -2.43. The van der Waals surface area contributed by atoms with E-state index in [2.05, 4.69) is 61.3 Å². The third kappa shape index (κ3) is 3.19. The molecule has 0 aliphatic carbocycles. The largest absolute Gasteiger partial charge is 0.475 e. The Balaban J connectivity index is 1.39. The summed E-state index contributed by atoms with van der Waals surface area (Å²) in [4.78, 5) is 11.1. The number of hydrogen-bond donors (Lipinski definition) is 1. The molecule has 0 radical (unpaired) electrons. The minimum Gasteiger partial charge on any atom is -0.475 e. The second-order valence-electron chi connectivity index (χ2n) is 5.87. The predicted octanol–water partition coefficient (Wildman–Crippen LogP) is 1.92. The zero-order valence-corrected chi connectivity index (χ0v) is 13.6. The lowest BCUT2D eigenvalue weighted by atomic mass is 10.2. The van der Waals surface area contributed by atoms with E-state index in [1.165, 1.54) is 10.9 Å². The summed E-state index contributed by atoms with van der Waals surface area (Å²) in [5.41, 5.74) is 1.22. The number of fused-ring (bicyclic) bond motifs is 1. The van der Waals surface area contributed by atoms with Gasteiger partial charge in [0.05, 0.1) is 18.9 Å². The molecule has 1 N–H and O–H groups in total. The van der Waals surface area contributed by atoms with E-state index < -0.39 is 0 Å². The van der Waals surface area contributed by atoms with Crippen LogP contribution in [0.3, 0.4) is 0 Å². The number of ether oxygens (including phenoxy) is 1. The third-order valence-corrected chi connectivity index (χ3v) is 4.30. The van der Waals surface area contributed by atoms with Crippen LogP contribution in [-0.2, 0) is 6.54 Å². The molecule has 1 aliphatic rings. The van der Waals surface area contributed by atoms with Crippen molar-refractivity contribution in [1.82, 2.24) is 19.9 Å². The first kappa shape index (κ1) is 15.0. The monoisotopic (exact) mass is 323 g/mol. The first-order chi connectivity index (χ1) is 11.9. The van der Waals surface area contributed by atoms with Crippen LogP contribution >= 0.6 is 0 Å². The number of benzene rings is 1. The Bertz CT molecular complexity index is 810. The van der Waals surface area contributed by atoms with E-state index in [1.54, 1.807) is 12.4 Å². The zero-order chi connectivity index (χ0) is 16.2. The fourth-order valence-corrected chi connectivity index (χ4v) is 3.04. The van der Waals surface area contributed by atoms with Gasteiger partial charge >= 0.3 is 0 Å². The van der Waals surface area contributed by atoms with Gasteiger partial charge in [0.25, 0.3) is 0 Å². The van der Waals surface area contributed by atoms with Crippen molar-refractivity contribution in [2.75, 3.05) is 37.7 Å². The van der Waals surface area contributed by atoms with Crippen molar-refractivity contribution in [2.45, 2.75) is 6.54 Å². The SMILES string of the molecule is c1ccc2c(c1)ccn2CCOc1cncc(N2CCNCC2)n1. The topological polar surface area (TPSA) is 55.2 Å². The van der Waals surface area contributed by atoms with Crippen LogP contribution < -0.4 is 15.0 Å². The quantitative estimate of drug-likeness (QED) is 0.777. The Morgan fingerprint density at radius 3 is 2.88 bits per heavy atom. The molecule has 0 unspecified atom stereocenters. The number of hydrogen-bond acceptors (Lipinski definition) is 5. The average Bonchev–Trinajstić information content (AvgIpc) is 3.06. The van der Waals surface area contributed by atoms with Crippen LogP contribution in [0.4, 0.5) is 5.82 Å². The molecular weight excluding hydrogens is 302 g/mol. The molecular formula is C18H21N5O. The van der Waals surface area contributed by atoms with Gasteiger partial charge < -0.3 is 19.5 Å². The van der Waals surface area contributed by atoms with Gasteiger partial charge in [0, 0.05) is 37.9 Å². The predicted molar refractivity (Wildman–Crippen MR) is 94.5 cm³/mol. The van der Waals surface area contributed by atoms with Crippen molar-refractivity contribution < 1.29 is 4.74 Å². The molecule has 6 heteroatoms. The van der Waals surface area contributed by atoms with Gasteiger partial charge in [-0.15, -0.1) is 0 Å². The van der Waals surface area contributed by atoms with E-state index >= 15 is 0 Å². The molecule has 6 nitrogen and oxygen atoms in total. The molecule has 0 spiro atoms. The fraction of sp³-hybridized carbons (Fsp3) is 0.333. The van der Waals surface area contributed by atoms with E-state index in [0.717, 1.165) is 38.5 Å². The van der Waals surface area contributed by atoms with Crippen molar-refractivity contribution >= 4 is 16.7 Å². The minimum atomic E-state index is 0.568. The molecule has 124 valence electrons. The molecule has 0 amide bonds. The lowest BCUT2D eigenvalue weighted by molar-refractivity contribution is 0.288. The van der Waals surface area contributed by atoms with E-state index in [4.69, 9.17) is 4.74 Å². The summed E-state index contributed by atoms with van der Waals surface area (Å²) in [6.45, 7) is 5.22. The summed E-state index contributed by atoms with van der Waals surface area (Å²) in [5.74, 6) is 1.47. The summed E-state index contributed by atoms with van der Waals surface area (Å²) < 4.78 is 8.02. The van der Waals surface area contributed by atoms with Crippen molar-refractivity contribution in [3.8, 4) is 5.88 Å². The summed E-state index contributed by atoms with van der Waals surface area (Å²) >= 11 is 0. The van der Waals surface area contributed by atoms with Gasteiger partial charge in [-0.2, -0.15) is 4.98 Å². The highest BCUT2D eigenvalue weighted by Gasteiger charge is 2.12. The van der Waals surface area contributed by atoms with Gasteiger partial charge in [-0.05, 0) is 17.5 Å². The molecule has 0 atom stereocenters. The minimum absolute atomic E-state index is 0.568. The van der Waals surface area contributed by atoms with Gasteiger partial charge in [0.15, 0.2) is 5.82 Å². The maximum Gasteiger partial charge on any atom is 0.234 e. The van der Waals surface area contributed by atoms with Gasteiger partial charge in [0.2, 0.25) is 5.88 Å². The van der Waals surface area contributed by atoms with Gasteiger partial charge in [-0.3, -0.25) is 4.98 Å². The van der Waals surface area contributed by atoms with Crippen LogP contribution in [0.1, 0.15) is 0 Å².